The monoisotopic (exact) mass is 384 g/mol. The summed E-state index contributed by atoms with van der Waals surface area (Å²) in [5.74, 6) is 1.63. The molecule has 2 fully saturated rings. The molecular formula is C23H32N2O3. The van der Waals surface area contributed by atoms with Crippen molar-refractivity contribution < 1.29 is 14.3 Å². The first kappa shape index (κ1) is 19.4. The molecule has 2 heterocycles. The molecule has 0 bridgehead atoms. The number of benzene rings is 1. The number of rotatable bonds is 5. The van der Waals surface area contributed by atoms with Crippen LogP contribution in [0, 0.1) is 5.92 Å². The predicted octanol–water partition coefficient (Wildman–Crippen LogP) is 4.69. The first-order chi connectivity index (χ1) is 13.7. The van der Waals surface area contributed by atoms with Crippen LogP contribution in [0.15, 0.2) is 18.2 Å². The van der Waals surface area contributed by atoms with E-state index in [2.05, 4.69) is 11.1 Å². The lowest BCUT2D eigenvalue weighted by atomic mass is 9.79. The number of carbonyl (C=O) groups is 1. The topological polar surface area (TPSA) is 64.2 Å². The molecule has 1 atom stereocenters. The third kappa shape index (κ3) is 3.95. The molecule has 1 aliphatic carbocycles. The van der Waals surface area contributed by atoms with Gasteiger partial charge in [-0.1, -0.05) is 51.0 Å². The van der Waals surface area contributed by atoms with Crippen LogP contribution in [0.2, 0.25) is 0 Å². The average Bonchev–Trinajstić information content (AvgIpc) is 3.30. The van der Waals surface area contributed by atoms with E-state index >= 15 is 0 Å². The van der Waals surface area contributed by atoms with Gasteiger partial charge in [-0.05, 0) is 37.0 Å². The minimum Gasteiger partial charge on any atom is -0.465 e. The molecule has 0 spiro atoms. The Hall–Kier alpha value is -1.88. The number of ether oxygens (including phenoxy) is 2. The normalized spacial score (nSPS) is 24.2. The Kier molecular flexibility index (Phi) is 6.00. The largest absolute Gasteiger partial charge is 0.465 e. The summed E-state index contributed by atoms with van der Waals surface area (Å²) in [6.07, 6.45) is 11.1. The van der Waals surface area contributed by atoms with E-state index in [0.717, 1.165) is 34.8 Å². The summed E-state index contributed by atoms with van der Waals surface area (Å²) in [4.78, 5) is 21.1. The fraction of sp³-hybridized carbons (Fsp3) is 0.652. The molecule has 1 aliphatic heterocycles. The number of H-pyrrole nitrogens is 1. The zero-order valence-corrected chi connectivity index (χ0v) is 17.0. The minimum atomic E-state index is -0.686. The maximum Gasteiger partial charge on any atom is 0.319 e. The maximum atomic E-state index is 12.7. The molecule has 5 heteroatoms. The molecule has 0 radical (unpaired) electrons. The number of fused-ring (bicyclic) bond motifs is 1. The van der Waals surface area contributed by atoms with E-state index < -0.39 is 5.41 Å². The van der Waals surface area contributed by atoms with Gasteiger partial charge in [0, 0.05) is 13.0 Å². The SMILES string of the molecule is CCOC(=O)C1(c2ccc3nc(CC4CCCCCCC4)[nH]c3c2)CCOC1. The summed E-state index contributed by atoms with van der Waals surface area (Å²) in [6, 6.07) is 6.13. The van der Waals surface area contributed by atoms with Gasteiger partial charge < -0.3 is 14.5 Å². The van der Waals surface area contributed by atoms with Crippen LogP contribution in [0.3, 0.4) is 0 Å². The Bertz CT molecular complexity index is 799. The third-order valence-electron chi connectivity index (χ3n) is 6.48. The lowest BCUT2D eigenvalue weighted by molar-refractivity contribution is -0.150. The molecule has 1 saturated heterocycles. The fourth-order valence-corrected chi connectivity index (χ4v) is 4.82. The van der Waals surface area contributed by atoms with Crippen molar-refractivity contribution in [1.29, 1.82) is 0 Å². The van der Waals surface area contributed by atoms with Crippen molar-refractivity contribution in [3.63, 3.8) is 0 Å². The van der Waals surface area contributed by atoms with Gasteiger partial charge >= 0.3 is 5.97 Å². The molecule has 28 heavy (non-hydrogen) atoms. The molecule has 1 aromatic carbocycles. The number of aromatic amines is 1. The van der Waals surface area contributed by atoms with Gasteiger partial charge in [-0.3, -0.25) is 4.79 Å². The van der Waals surface area contributed by atoms with Gasteiger partial charge in [-0.15, -0.1) is 0 Å². The number of hydrogen-bond donors (Lipinski definition) is 1. The Morgan fingerprint density at radius 3 is 2.75 bits per heavy atom. The molecule has 5 nitrogen and oxygen atoms in total. The Balaban J connectivity index is 1.56. The number of esters is 1. The first-order valence-corrected chi connectivity index (χ1v) is 11.0. The fourth-order valence-electron chi connectivity index (χ4n) is 4.82. The van der Waals surface area contributed by atoms with Crippen LogP contribution in [0.25, 0.3) is 11.0 Å². The van der Waals surface area contributed by atoms with Crippen molar-refractivity contribution in [1.82, 2.24) is 9.97 Å². The van der Waals surface area contributed by atoms with Crippen molar-refractivity contribution in [3.8, 4) is 0 Å². The number of nitrogens with one attached hydrogen (secondary N) is 1. The summed E-state index contributed by atoms with van der Waals surface area (Å²) in [7, 11) is 0. The van der Waals surface area contributed by atoms with Gasteiger partial charge in [0.25, 0.3) is 0 Å². The number of aromatic nitrogens is 2. The second kappa shape index (κ2) is 8.64. The highest BCUT2D eigenvalue weighted by atomic mass is 16.5. The van der Waals surface area contributed by atoms with Crippen molar-refractivity contribution in [2.45, 2.75) is 70.1 Å². The highest BCUT2D eigenvalue weighted by Gasteiger charge is 2.45. The molecule has 2 aromatic rings. The van der Waals surface area contributed by atoms with E-state index in [-0.39, 0.29) is 5.97 Å². The van der Waals surface area contributed by atoms with Crippen LogP contribution >= 0.6 is 0 Å². The third-order valence-corrected chi connectivity index (χ3v) is 6.48. The smallest absolute Gasteiger partial charge is 0.319 e. The van der Waals surface area contributed by atoms with Crippen LogP contribution < -0.4 is 0 Å². The lowest BCUT2D eigenvalue weighted by Crippen LogP contribution is -2.38. The molecule has 1 saturated carbocycles. The van der Waals surface area contributed by atoms with Crippen molar-refractivity contribution in [2.24, 2.45) is 5.92 Å². The van der Waals surface area contributed by atoms with Gasteiger partial charge in [0.1, 0.15) is 11.2 Å². The van der Waals surface area contributed by atoms with Gasteiger partial charge in [0.05, 0.1) is 24.2 Å². The van der Waals surface area contributed by atoms with E-state index in [1.165, 1.54) is 44.9 Å². The molecule has 4 rings (SSSR count). The first-order valence-electron chi connectivity index (χ1n) is 11.0. The van der Waals surface area contributed by atoms with Gasteiger partial charge in [0.15, 0.2) is 0 Å². The van der Waals surface area contributed by atoms with E-state index in [4.69, 9.17) is 14.5 Å². The van der Waals surface area contributed by atoms with E-state index in [1.54, 1.807) is 0 Å². The van der Waals surface area contributed by atoms with Crippen LogP contribution in [-0.4, -0.2) is 35.8 Å². The molecule has 2 aliphatic rings. The maximum absolute atomic E-state index is 12.7. The zero-order chi connectivity index (χ0) is 19.4. The van der Waals surface area contributed by atoms with Crippen LogP contribution in [0.4, 0.5) is 0 Å². The lowest BCUT2D eigenvalue weighted by Gasteiger charge is -2.25. The molecule has 1 aromatic heterocycles. The van der Waals surface area contributed by atoms with Crippen molar-refractivity contribution in [2.75, 3.05) is 19.8 Å². The average molecular weight is 385 g/mol. The molecular weight excluding hydrogens is 352 g/mol. The zero-order valence-electron chi connectivity index (χ0n) is 17.0. The molecule has 152 valence electrons. The second-order valence-corrected chi connectivity index (χ2v) is 8.44. The highest BCUT2D eigenvalue weighted by Crippen LogP contribution is 2.36. The van der Waals surface area contributed by atoms with Gasteiger partial charge in [0.2, 0.25) is 0 Å². The summed E-state index contributed by atoms with van der Waals surface area (Å²) >= 11 is 0. The second-order valence-electron chi connectivity index (χ2n) is 8.44. The number of imidazole rings is 1. The minimum absolute atomic E-state index is 0.180. The summed E-state index contributed by atoms with van der Waals surface area (Å²) in [5.41, 5.74) is 2.27. The van der Waals surface area contributed by atoms with Gasteiger partial charge in [-0.2, -0.15) is 0 Å². The Labute approximate surface area is 167 Å². The van der Waals surface area contributed by atoms with Crippen LogP contribution in [0.5, 0.6) is 0 Å². The number of nitrogens with zero attached hydrogens (tertiary/aromatic N) is 1. The number of carbonyl (C=O) groups excluding carboxylic acids is 1. The molecule has 0 amide bonds. The standard InChI is InChI=1S/C23H32N2O3/c1-2-28-22(26)23(12-13-27-16-23)18-10-11-19-20(15-18)25-21(24-19)14-17-8-6-4-3-5-7-9-17/h10-11,15,17H,2-9,12-14,16H2,1H3,(H,24,25). The highest BCUT2D eigenvalue weighted by molar-refractivity contribution is 5.86. The van der Waals surface area contributed by atoms with E-state index in [9.17, 15) is 4.79 Å². The summed E-state index contributed by atoms with van der Waals surface area (Å²) in [5, 5.41) is 0. The quantitative estimate of drug-likeness (QED) is 0.760. The predicted molar refractivity (Wildman–Crippen MR) is 109 cm³/mol. The van der Waals surface area contributed by atoms with Crippen LogP contribution in [0.1, 0.15) is 69.7 Å². The van der Waals surface area contributed by atoms with E-state index in [1.807, 2.05) is 19.1 Å². The Morgan fingerprint density at radius 1 is 1.25 bits per heavy atom. The van der Waals surface area contributed by atoms with Crippen LogP contribution in [-0.2, 0) is 26.1 Å². The summed E-state index contributed by atoms with van der Waals surface area (Å²) in [6.45, 7) is 3.22. The van der Waals surface area contributed by atoms with Crippen molar-refractivity contribution in [3.05, 3.63) is 29.6 Å². The summed E-state index contributed by atoms with van der Waals surface area (Å²) < 4.78 is 11.0. The van der Waals surface area contributed by atoms with E-state index in [0.29, 0.717) is 26.2 Å². The van der Waals surface area contributed by atoms with Gasteiger partial charge in [-0.25, -0.2) is 4.98 Å². The van der Waals surface area contributed by atoms with Crippen molar-refractivity contribution >= 4 is 17.0 Å². The molecule has 1 unspecified atom stereocenters. The Morgan fingerprint density at radius 2 is 2.04 bits per heavy atom. The number of hydrogen-bond acceptors (Lipinski definition) is 4. The molecule has 1 N–H and O–H groups in total.